The van der Waals surface area contributed by atoms with Crippen LogP contribution in [0.1, 0.15) is 64.5 Å². The van der Waals surface area contributed by atoms with Gasteiger partial charge in [-0.05, 0) is 97.1 Å². The van der Waals surface area contributed by atoms with E-state index in [-0.39, 0.29) is 42.5 Å². The number of piperazine rings is 1. The predicted molar refractivity (Wildman–Crippen MR) is 204 cm³/mol. The third kappa shape index (κ3) is 7.48. The average Bonchev–Trinajstić information content (AvgIpc) is 3.96. The molecule has 2 unspecified atom stereocenters. The Kier molecular flexibility index (Phi) is 9.71. The molecule has 3 saturated heterocycles. The van der Waals surface area contributed by atoms with Crippen LogP contribution in [0.2, 0.25) is 0 Å². The highest BCUT2D eigenvalue weighted by molar-refractivity contribution is 6.05. The molecule has 6 heterocycles. The van der Waals surface area contributed by atoms with Gasteiger partial charge in [0.25, 0.3) is 11.8 Å². The Labute approximate surface area is 317 Å². The topological polar surface area (TPSA) is 146 Å². The molecule has 3 N–H and O–H groups in total. The third-order valence-electron chi connectivity index (χ3n) is 10.7. The van der Waals surface area contributed by atoms with E-state index in [9.17, 15) is 23.6 Å². The molecule has 4 aliphatic heterocycles. The van der Waals surface area contributed by atoms with Crippen LogP contribution in [0.4, 0.5) is 10.2 Å². The van der Waals surface area contributed by atoms with Crippen LogP contribution in [-0.4, -0.2) is 92.9 Å². The van der Waals surface area contributed by atoms with Gasteiger partial charge in [-0.15, -0.1) is 0 Å². The third-order valence-corrected chi connectivity index (χ3v) is 10.7. The van der Waals surface area contributed by atoms with Gasteiger partial charge < -0.3 is 24.6 Å². The van der Waals surface area contributed by atoms with Gasteiger partial charge in [0.15, 0.2) is 0 Å². The molecule has 0 bridgehead atoms. The van der Waals surface area contributed by atoms with Crippen LogP contribution < -0.4 is 10.2 Å². The van der Waals surface area contributed by atoms with Gasteiger partial charge in [-0.1, -0.05) is 24.1 Å². The molecular formula is C42H39FN8O4. The number of halogens is 1. The molecule has 2 aromatic heterocycles. The second kappa shape index (κ2) is 15.1. The highest BCUT2D eigenvalue weighted by atomic mass is 19.1. The molecule has 4 aliphatic rings. The molecule has 2 atom stereocenters. The Morgan fingerprint density at radius 3 is 2.58 bits per heavy atom. The lowest BCUT2D eigenvalue weighted by Crippen LogP contribution is -2.52. The van der Waals surface area contributed by atoms with E-state index in [1.165, 1.54) is 11.0 Å². The van der Waals surface area contributed by atoms with Crippen LogP contribution in [0.25, 0.3) is 17.5 Å². The minimum atomic E-state index is -0.689. The van der Waals surface area contributed by atoms with E-state index in [1.807, 2.05) is 47.4 Å². The van der Waals surface area contributed by atoms with E-state index < -0.39 is 11.9 Å². The summed E-state index contributed by atoms with van der Waals surface area (Å²) in [5.41, 5.74) is 5.18. The number of anilines is 1. The number of rotatable bonds is 6. The van der Waals surface area contributed by atoms with E-state index in [4.69, 9.17) is 10.4 Å². The second-order valence-electron chi connectivity index (χ2n) is 14.1. The fourth-order valence-corrected chi connectivity index (χ4v) is 7.78. The van der Waals surface area contributed by atoms with Crippen molar-refractivity contribution in [1.29, 1.82) is 5.41 Å². The van der Waals surface area contributed by atoms with Gasteiger partial charge in [-0.25, -0.2) is 9.37 Å². The first kappa shape index (κ1) is 35.5. The summed E-state index contributed by atoms with van der Waals surface area (Å²) in [4.78, 5) is 65.7. The summed E-state index contributed by atoms with van der Waals surface area (Å²) in [6.45, 7) is 3.15. The Bertz CT molecular complexity index is 2300. The Morgan fingerprint density at radius 1 is 0.927 bits per heavy atom. The van der Waals surface area contributed by atoms with Crippen LogP contribution in [-0.2, 0) is 20.9 Å². The lowest BCUT2D eigenvalue weighted by Gasteiger charge is -2.34. The molecule has 3 fully saturated rings. The van der Waals surface area contributed by atoms with Crippen LogP contribution in [0.5, 0.6) is 0 Å². The van der Waals surface area contributed by atoms with Crippen LogP contribution in [0.15, 0.2) is 78.9 Å². The van der Waals surface area contributed by atoms with Gasteiger partial charge >= 0.3 is 0 Å². The number of amides is 4. The molecule has 278 valence electrons. The van der Waals surface area contributed by atoms with Gasteiger partial charge in [0.2, 0.25) is 11.8 Å². The number of piperidine rings is 1. The number of aromatic nitrogens is 2. The normalized spacial score (nSPS) is 19.8. The molecule has 8 rings (SSSR count). The lowest BCUT2D eigenvalue weighted by atomic mass is 10.0. The minimum Gasteiger partial charge on any atom is -0.354 e. The number of likely N-dealkylation sites (tertiary alicyclic amines) is 1. The first-order valence-electron chi connectivity index (χ1n) is 18.5. The lowest BCUT2D eigenvalue weighted by molar-refractivity contribution is -0.137. The van der Waals surface area contributed by atoms with Crippen molar-refractivity contribution in [2.45, 2.75) is 44.3 Å². The van der Waals surface area contributed by atoms with Crippen molar-refractivity contribution in [3.63, 3.8) is 0 Å². The molecular weight excluding hydrogens is 700 g/mol. The zero-order valence-corrected chi connectivity index (χ0v) is 30.1. The fraction of sp³-hybridized carbons (Fsp3) is 0.286. The number of fused-ring (bicyclic) bond motifs is 1. The van der Waals surface area contributed by atoms with E-state index in [0.717, 1.165) is 53.4 Å². The van der Waals surface area contributed by atoms with Gasteiger partial charge in [-0.2, -0.15) is 0 Å². The maximum absolute atomic E-state index is 13.9. The van der Waals surface area contributed by atoms with Gasteiger partial charge in [-0.3, -0.25) is 29.9 Å². The predicted octanol–water partition coefficient (Wildman–Crippen LogP) is 4.50. The molecule has 4 amide bonds. The molecule has 0 aliphatic carbocycles. The number of hydrogen-bond acceptors (Lipinski definition) is 7. The minimum absolute atomic E-state index is 0.0145. The number of nitrogens with one attached hydrogen (secondary N) is 3. The largest absolute Gasteiger partial charge is 0.354 e. The van der Waals surface area contributed by atoms with Crippen molar-refractivity contribution in [1.82, 2.24) is 30.0 Å². The number of imide groups is 1. The monoisotopic (exact) mass is 738 g/mol. The summed E-state index contributed by atoms with van der Waals surface area (Å²) < 4.78 is 13.9. The number of nitrogens with zero attached hydrogens (tertiary/aromatic N) is 5. The summed E-state index contributed by atoms with van der Waals surface area (Å²) in [6, 6.07) is 20.9. The molecule has 0 saturated carbocycles. The SMILES string of the molecule is N=C(/C=C\c1ccc(-c2cccc(N3CCN(C(=O)C#Cc4ccc5c(c4)CN(C4CCC(=O)NC4=O)C5=O)CC3)n2)[nH]1)N1CCCC1c1cccc(F)c1. The summed E-state index contributed by atoms with van der Waals surface area (Å²) >= 11 is 0. The highest BCUT2D eigenvalue weighted by Crippen LogP contribution is 2.33. The highest BCUT2D eigenvalue weighted by Gasteiger charge is 2.39. The van der Waals surface area contributed by atoms with Crippen molar-refractivity contribution in [3.05, 3.63) is 113 Å². The number of carbonyl (C=O) groups excluding carboxylic acids is 4. The van der Waals surface area contributed by atoms with Crippen molar-refractivity contribution < 1.29 is 23.6 Å². The summed E-state index contributed by atoms with van der Waals surface area (Å²) in [6.07, 6.45) is 5.96. The van der Waals surface area contributed by atoms with E-state index in [1.54, 1.807) is 41.3 Å². The smallest absolute Gasteiger partial charge is 0.298 e. The van der Waals surface area contributed by atoms with Gasteiger partial charge in [0, 0.05) is 68.4 Å². The van der Waals surface area contributed by atoms with E-state index in [0.29, 0.717) is 49.6 Å². The summed E-state index contributed by atoms with van der Waals surface area (Å²) in [5.74, 6) is 5.31. The van der Waals surface area contributed by atoms with E-state index in [2.05, 4.69) is 27.0 Å². The Morgan fingerprint density at radius 2 is 1.76 bits per heavy atom. The summed E-state index contributed by atoms with van der Waals surface area (Å²) in [5, 5.41) is 11.0. The number of benzene rings is 2. The van der Waals surface area contributed by atoms with Crippen LogP contribution in [0.3, 0.4) is 0 Å². The standard InChI is InChI=1S/C42H39FN8O4/c43-30-5-1-4-28(25-30)35-7-3-19-50(35)37(44)16-12-31-11-14-34(45-31)33-6-2-8-38(46-33)48-20-22-49(23-21-48)40(53)18-10-27-9-13-32-29(24-27)26-51(42(32)55)36-15-17-39(52)47-41(36)54/h1-2,4-6,8-9,11-14,16,24-25,35-36,44-45H,3,7,15,17,19-23,26H2,(H,47,52,54)/b16-12-,44-37?. The van der Waals surface area contributed by atoms with Crippen molar-refractivity contribution >= 4 is 41.4 Å². The summed E-state index contributed by atoms with van der Waals surface area (Å²) in [7, 11) is 0. The zero-order chi connectivity index (χ0) is 38.1. The van der Waals surface area contributed by atoms with Crippen LogP contribution >= 0.6 is 0 Å². The average molecular weight is 739 g/mol. The second-order valence-corrected chi connectivity index (χ2v) is 14.1. The van der Waals surface area contributed by atoms with Crippen molar-refractivity contribution in [3.8, 4) is 23.2 Å². The maximum Gasteiger partial charge on any atom is 0.298 e. The molecule has 4 aromatic rings. The number of aromatic amines is 1. The number of hydrogen-bond donors (Lipinski definition) is 3. The van der Waals surface area contributed by atoms with E-state index >= 15 is 0 Å². The quantitative estimate of drug-likeness (QED) is 0.114. The number of pyridine rings is 1. The van der Waals surface area contributed by atoms with Crippen molar-refractivity contribution in [2.75, 3.05) is 37.6 Å². The number of amidine groups is 1. The first-order chi connectivity index (χ1) is 26.7. The molecule has 0 spiro atoms. The van der Waals surface area contributed by atoms with Crippen molar-refractivity contribution in [2.24, 2.45) is 0 Å². The maximum atomic E-state index is 13.9. The molecule has 55 heavy (non-hydrogen) atoms. The van der Waals surface area contributed by atoms with Gasteiger partial charge in [0.05, 0.1) is 17.4 Å². The molecule has 0 radical (unpaired) electrons. The zero-order valence-electron chi connectivity index (χ0n) is 30.1. The Hall–Kier alpha value is -6.55. The van der Waals surface area contributed by atoms with Gasteiger partial charge in [0.1, 0.15) is 23.5 Å². The number of H-pyrrole nitrogens is 1. The molecule has 2 aromatic carbocycles. The fourth-order valence-electron chi connectivity index (χ4n) is 7.78. The Balaban J connectivity index is 0.851. The molecule has 13 heteroatoms. The first-order valence-corrected chi connectivity index (χ1v) is 18.5. The number of carbonyl (C=O) groups is 4. The van der Waals surface area contributed by atoms with Crippen LogP contribution in [0, 0.1) is 23.1 Å². The molecule has 12 nitrogen and oxygen atoms in total.